The number of aliphatic hydroxyl groups is 3. The Morgan fingerprint density at radius 3 is 2.28 bits per heavy atom. The van der Waals surface area contributed by atoms with Crippen molar-refractivity contribution in [3.63, 3.8) is 0 Å². The SMILES string of the molecule is NCCCNCCOC1[C@H](N)CC(N)[C@@H](O[C@H]2OC(CN)[C@@H](O)[C@H](O)C2N)[C@@H]1O. The molecule has 29 heavy (non-hydrogen) atoms. The lowest BCUT2D eigenvalue weighted by molar-refractivity contribution is -0.289. The van der Waals surface area contributed by atoms with Crippen molar-refractivity contribution < 1.29 is 29.5 Å². The van der Waals surface area contributed by atoms with Crippen LogP contribution in [0.4, 0.5) is 0 Å². The van der Waals surface area contributed by atoms with Crippen molar-refractivity contribution in [2.24, 2.45) is 28.7 Å². The van der Waals surface area contributed by atoms with E-state index in [1.165, 1.54) is 0 Å². The molecule has 0 aromatic carbocycles. The zero-order valence-electron chi connectivity index (χ0n) is 16.7. The molecule has 4 unspecified atom stereocenters. The van der Waals surface area contributed by atoms with Gasteiger partial charge in [-0.1, -0.05) is 0 Å². The largest absolute Gasteiger partial charge is 0.388 e. The van der Waals surface area contributed by atoms with E-state index in [-0.39, 0.29) is 6.54 Å². The Bertz CT molecular complexity index is 478. The summed E-state index contributed by atoms with van der Waals surface area (Å²) < 4.78 is 17.2. The zero-order valence-corrected chi connectivity index (χ0v) is 16.7. The number of nitrogens with one attached hydrogen (secondary N) is 1. The smallest absolute Gasteiger partial charge is 0.176 e. The van der Waals surface area contributed by atoms with Crippen molar-refractivity contribution in [1.82, 2.24) is 5.32 Å². The van der Waals surface area contributed by atoms with Gasteiger partial charge < -0.3 is 63.5 Å². The minimum absolute atomic E-state index is 0.0299. The molecule has 12 heteroatoms. The van der Waals surface area contributed by atoms with Crippen molar-refractivity contribution in [1.29, 1.82) is 0 Å². The van der Waals surface area contributed by atoms with E-state index >= 15 is 0 Å². The Morgan fingerprint density at radius 2 is 1.62 bits per heavy atom. The summed E-state index contributed by atoms with van der Waals surface area (Å²) in [6, 6.07) is -2.08. The molecule has 10 atom stereocenters. The first-order valence-electron chi connectivity index (χ1n) is 10.2. The number of aliphatic hydroxyl groups excluding tert-OH is 3. The first kappa shape index (κ1) is 24.8. The van der Waals surface area contributed by atoms with Crippen LogP contribution in [0.5, 0.6) is 0 Å². The standard InChI is InChI=1S/C17H38N6O6/c18-2-1-3-23-4-5-27-15-8(20)6-9(21)16(14(15)26)29-17-11(22)13(25)12(24)10(7-19)28-17/h8-17,23-26H,1-7,18-22H2/t8-,9?,10?,11?,12-,13-,14-,15?,16-,17-/m1/s1. The van der Waals surface area contributed by atoms with Gasteiger partial charge in [-0.25, -0.2) is 0 Å². The van der Waals surface area contributed by atoms with Gasteiger partial charge in [0.05, 0.1) is 12.6 Å². The second-order valence-electron chi connectivity index (χ2n) is 7.72. The Hall–Kier alpha value is -0.480. The molecule has 12 nitrogen and oxygen atoms in total. The lowest BCUT2D eigenvalue weighted by atomic mass is 9.84. The molecule has 1 aliphatic carbocycles. The van der Waals surface area contributed by atoms with Gasteiger partial charge in [0.15, 0.2) is 6.29 Å². The van der Waals surface area contributed by atoms with Gasteiger partial charge in [-0.3, -0.25) is 0 Å². The quantitative estimate of drug-likeness (QED) is 0.150. The Kier molecular flexibility index (Phi) is 10.1. The van der Waals surface area contributed by atoms with Gasteiger partial charge in [-0.15, -0.1) is 0 Å². The average molecular weight is 423 g/mol. The molecule has 0 amide bonds. The molecule has 0 aromatic rings. The molecule has 172 valence electrons. The van der Waals surface area contributed by atoms with Crippen molar-refractivity contribution in [3.8, 4) is 0 Å². The van der Waals surface area contributed by atoms with Crippen LogP contribution in [0.25, 0.3) is 0 Å². The highest BCUT2D eigenvalue weighted by atomic mass is 16.7. The van der Waals surface area contributed by atoms with Crippen LogP contribution in [-0.4, -0.2) is 109 Å². The molecule has 1 aliphatic heterocycles. The van der Waals surface area contributed by atoms with Gasteiger partial charge in [0.1, 0.15) is 36.6 Å². The number of hydrogen-bond acceptors (Lipinski definition) is 12. The summed E-state index contributed by atoms with van der Waals surface area (Å²) in [7, 11) is 0. The minimum atomic E-state index is -1.28. The molecule has 0 aromatic heterocycles. The van der Waals surface area contributed by atoms with Crippen LogP contribution in [0.3, 0.4) is 0 Å². The average Bonchev–Trinajstić information content (AvgIpc) is 2.69. The highest BCUT2D eigenvalue weighted by Crippen LogP contribution is 2.28. The van der Waals surface area contributed by atoms with E-state index in [1.54, 1.807) is 0 Å². The van der Waals surface area contributed by atoms with Crippen molar-refractivity contribution in [2.75, 3.05) is 32.8 Å². The predicted molar refractivity (Wildman–Crippen MR) is 105 cm³/mol. The fourth-order valence-electron chi connectivity index (χ4n) is 3.72. The third-order valence-electron chi connectivity index (χ3n) is 5.48. The molecular weight excluding hydrogens is 384 g/mol. The van der Waals surface area contributed by atoms with Crippen LogP contribution in [0.1, 0.15) is 12.8 Å². The van der Waals surface area contributed by atoms with Gasteiger partial charge in [0.2, 0.25) is 0 Å². The molecule has 2 rings (SSSR count). The van der Waals surface area contributed by atoms with E-state index in [1.807, 2.05) is 0 Å². The summed E-state index contributed by atoms with van der Waals surface area (Å²) in [5.41, 5.74) is 29.2. The summed E-state index contributed by atoms with van der Waals surface area (Å²) in [6.07, 6.45) is -5.90. The van der Waals surface area contributed by atoms with Crippen molar-refractivity contribution >= 4 is 0 Å². The summed E-state index contributed by atoms with van der Waals surface area (Å²) in [5.74, 6) is 0. The number of nitrogens with two attached hydrogens (primary N) is 5. The monoisotopic (exact) mass is 422 g/mol. The highest BCUT2D eigenvalue weighted by Gasteiger charge is 2.48. The molecule has 2 aliphatic rings. The normalized spacial score (nSPS) is 43.4. The van der Waals surface area contributed by atoms with Crippen LogP contribution in [0, 0.1) is 0 Å². The van der Waals surface area contributed by atoms with E-state index in [0.29, 0.717) is 26.1 Å². The first-order chi connectivity index (χ1) is 13.8. The molecule has 1 heterocycles. The number of ether oxygens (including phenoxy) is 3. The molecular formula is C17H38N6O6. The van der Waals surface area contributed by atoms with E-state index in [2.05, 4.69) is 5.32 Å². The molecule has 0 bridgehead atoms. The van der Waals surface area contributed by atoms with Gasteiger partial charge in [-0.05, 0) is 25.9 Å². The van der Waals surface area contributed by atoms with E-state index in [4.69, 9.17) is 42.9 Å². The molecule has 1 saturated heterocycles. The van der Waals surface area contributed by atoms with E-state index < -0.39 is 61.0 Å². The first-order valence-corrected chi connectivity index (χ1v) is 10.2. The summed E-state index contributed by atoms with van der Waals surface area (Å²) in [6.45, 7) is 2.30. The third-order valence-corrected chi connectivity index (χ3v) is 5.48. The van der Waals surface area contributed by atoms with Gasteiger partial charge in [0, 0.05) is 25.2 Å². The Labute approximate surface area is 171 Å². The van der Waals surface area contributed by atoms with Crippen LogP contribution < -0.4 is 34.0 Å². The second kappa shape index (κ2) is 11.8. The molecule has 0 radical (unpaired) electrons. The fourth-order valence-corrected chi connectivity index (χ4v) is 3.72. The van der Waals surface area contributed by atoms with E-state index in [9.17, 15) is 15.3 Å². The second-order valence-corrected chi connectivity index (χ2v) is 7.72. The maximum atomic E-state index is 10.8. The van der Waals surface area contributed by atoms with Crippen LogP contribution in [0.15, 0.2) is 0 Å². The van der Waals surface area contributed by atoms with Crippen LogP contribution in [-0.2, 0) is 14.2 Å². The third kappa shape index (κ3) is 6.26. The van der Waals surface area contributed by atoms with Gasteiger partial charge >= 0.3 is 0 Å². The fraction of sp³-hybridized carbons (Fsp3) is 1.00. The zero-order chi connectivity index (χ0) is 21.6. The Morgan fingerprint density at radius 1 is 0.931 bits per heavy atom. The number of hydrogen-bond donors (Lipinski definition) is 9. The molecule has 0 spiro atoms. The van der Waals surface area contributed by atoms with Gasteiger partial charge in [-0.2, -0.15) is 0 Å². The summed E-state index contributed by atoms with van der Waals surface area (Å²) >= 11 is 0. The van der Waals surface area contributed by atoms with Crippen molar-refractivity contribution in [3.05, 3.63) is 0 Å². The Balaban J connectivity index is 1.94. The van der Waals surface area contributed by atoms with E-state index in [0.717, 1.165) is 13.0 Å². The summed E-state index contributed by atoms with van der Waals surface area (Å²) in [4.78, 5) is 0. The maximum absolute atomic E-state index is 10.8. The van der Waals surface area contributed by atoms with Crippen molar-refractivity contribution in [2.45, 2.75) is 73.9 Å². The van der Waals surface area contributed by atoms with Crippen LogP contribution in [0.2, 0.25) is 0 Å². The molecule has 2 fully saturated rings. The maximum Gasteiger partial charge on any atom is 0.176 e. The molecule has 1 saturated carbocycles. The summed E-state index contributed by atoms with van der Waals surface area (Å²) in [5, 5.41) is 34.1. The minimum Gasteiger partial charge on any atom is -0.388 e. The highest BCUT2D eigenvalue weighted by molar-refractivity contribution is 5.00. The lowest BCUT2D eigenvalue weighted by Crippen LogP contribution is -2.67. The van der Waals surface area contributed by atoms with Gasteiger partial charge in [0.25, 0.3) is 0 Å². The lowest BCUT2D eigenvalue weighted by Gasteiger charge is -2.46. The predicted octanol–water partition coefficient (Wildman–Crippen LogP) is -5.15. The number of rotatable bonds is 10. The van der Waals surface area contributed by atoms with Crippen LogP contribution >= 0.6 is 0 Å². The molecule has 14 N–H and O–H groups in total. The topological polar surface area (TPSA) is 231 Å².